The minimum Gasteiger partial charge on any atom is -0.497 e. The lowest BCUT2D eigenvalue weighted by Gasteiger charge is -2.24. The van der Waals surface area contributed by atoms with Gasteiger partial charge in [-0.05, 0) is 48.4 Å². The van der Waals surface area contributed by atoms with Gasteiger partial charge in [-0.3, -0.25) is 4.79 Å². The van der Waals surface area contributed by atoms with Gasteiger partial charge in [0.1, 0.15) is 11.6 Å². The second-order valence-electron chi connectivity index (χ2n) is 7.30. The van der Waals surface area contributed by atoms with E-state index < -0.39 is 9.84 Å². The van der Waals surface area contributed by atoms with Crippen LogP contribution in [0.4, 0.5) is 4.39 Å². The van der Waals surface area contributed by atoms with Crippen LogP contribution in [0.1, 0.15) is 15.9 Å². The van der Waals surface area contributed by atoms with Gasteiger partial charge in [0.15, 0.2) is 15.0 Å². The van der Waals surface area contributed by atoms with E-state index in [9.17, 15) is 17.6 Å². The number of carbonyl (C=O) groups excluding carboxylic acids is 1. The summed E-state index contributed by atoms with van der Waals surface area (Å²) in [6.45, 7) is 0.504. The molecule has 2 atom stereocenters. The number of hydrogen-bond donors (Lipinski definition) is 0. The SMILES string of the molecule is COc1ccc(C(=O)N=C2SC3CS(=O)(=O)CC3N2CCc2ccc(F)cc2)cc1. The Bertz CT molecular complexity index is 1070. The molecule has 0 N–H and O–H groups in total. The number of aliphatic imine (C=N–C) groups is 1. The van der Waals surface area contributed by atoms with Gasteiger partial charge >= 0.3 is 0 Å². The molecule has 0 aromatic heterocycles. The van der Waals surface area contributed by atoms with Crippen LogP contribution in [0.2, 0.25) is 0 Å². The molecule has 6 nitrogen and oxygen atoms in total. The summed E-state index contributed by atoms with van der Waals surface area (Å²) in [6.07, 6.45) is 0.597. The molecule has 1 amide bonds. The van der Waals surface area contributed by atoms with Gasteiger partial charge in [-0.15, -0.1) is 0 Å². The van der Waals surface area contributed by atoms with Gasteiger partial charge in [-0.1, -0.05) is 23.9 Å². The van der Waals surface area contributed by atoms with Crippen LogP contribution < -0.4 is 4.74 Å². The van der Waals surface area contributed by atoms with Gasteiger partial charge in [-0.2, -0.15) is 4.99 Å². The molecule has 2 aromatic rings. The summed E-state index contributed by atoms with van der Waals surface area (Å²) in [5, 5.41) is 0.411. The van der Waals surface area contributed by atoms with Crippen molar-refractivity contribution < 1.29 is 22.3 Å². The monoisotopic (exact) mass is 448 g/mol. The maximum atomic E-state index is 13.2. The van der Waals surface area contributed by atoms with E-state index in [1.165, 1.54) is 23.9 Å². The molecule has 2 heterocycles. The van der Waals surface area contributed by atoms with Crippen molar-refractivity contribution in [2.45, 2.75) is 17.7 Å². The molecule has 4 rings (SSSR count). The molecule has 2 unspecified atom stereocenters. The predicted octanol–water partition coefficient (Wildman–Crippen LogP) is 2.79. The van der Waals surface area contributed by atoms with Crippen LogP contribution in [0.25, 0.3) is 0 Å². The molecule has 2 aliphatic heterocycles. The van der Waals surface area contributed by atoms with Crippen LogP contribution in [0.3, 0.4) is 0 Å². The van der Waals surface area contributed by atoms with Crippen LogP contribution in [-0.4, -0.2) is 60.8 Å². The lowest BCUT2D eigenvalue weighted by Crippen LogP contribution is -2.39. The molecule has 2 fully saturated rings. The lowest BCUT2D eigenvalue weighted by atomic mass is 10.1. The van der Waals surface area contributed by atoms with Crippen molar-refractivity contribution in [1.82, 2.24) is 4.90 Å². The minimum absolute atomic E-state index is 0.0594. The molecule has 0 aliphatic carbocycles. The van der Waals surface area contributed by atoms with Crippen molar-refractivity contribution in [2.75, 3.05) is 25.2 Å². The molecule has 2 saturated heterocycles. The first kappa shape index (κ1) is 20.9. The van der Waals surface area contributed by atoms with Crippen LogP contribution in [0, 0.1) is 5.82 Å². The Labute approximate surface area is 179 Å². The molecule has 0 bridgehead atoms. The number of benzene rings is 2. The summed E-state index contributed by atoms with van der Waals surface area (Å²) in [5.41, 5.74) is 1.37. The van der Waals surface area contributed by atoms with Crippen molar-refractivity contribution in [3.63, 3.8) is 0 Å². The maximum absolute atomic E-state index is 13.2. The fourth-order valence-electron chi connectivity index (χ4n) is 3.68. The number of hydrogen-bond acceptors (Lipinski definition) is 5. The molecule has 30 heavy (non-hydrogen) atoms. The minimum atomic E-state index is -3.10. The molecular weight excluding hydrogens is 427 g/mol. The average molecular weight is 449 g/mol. The number of carbonyl (C=O) groups is 1. The quantitative estimate of drug-likeness (QED) is 0.700. The molecule has 0 spiro atoms. The van der Waals surface area contributed by atoms with Gasteiger partial charge in [-0.25, -0.2) is 12.8 Å². The summed E-state index contributed by atoms with van der Waals surface area (Å²) in [7, 11) is -1.55. The number of amidine groups is 1. The highest BCUT2D eigenvalue weighted by atomic mass is 32.2. The summed E-state index contributed by atoms with van der Waals surface area (Å²) >= 11 is 1.35. The summed E-state index contributed by atoms with van der Waals surface area (Å²) < 4.78 is 42.5. The number of sulfone groups is 1. The standard InChI is InChI=1S/C21H21FN2O4S2/c1-28-17-8-4-15(5-9-17)20(25)23-21-24(11-10-14-2-6-16(22)7-3-14)18-12-30(26,27)13-19(18)29-21/h2-9,18-19H,10-13H2,1H3. The van der Waals surface area contributed by atoms with Crippen molar-refractivity contribution >= 4 is 32.7 Å². The van der Waals surface area contributed by atoms with Gasteiger partial charge in [0, 0.05) is 17.4 Å². The normalized spacial score (nSPS) is 23.5. The number of halogens is 1. The maximum Gasteiger partial charge on any atom is 0.279 e. The predicted molar refractivity (Wildman–Crippen MR) is 115 cm³/mol. The largest absolute Gasteiger partial charge is 0.497 e. The Morgan fingerprint density at radius 2 is 1.87 bits per heavy atom. The summed E-state index contributed by atoms with van der Waals surface area (Å²) in [4.78, 5) is 18.9. The third-order valence-corrected chi connectivity index (χ3v) is 8.51. The summed E-state index contributed by atoms with van der Waals surface area (Å²) in [6, 6.07) is 12.7. The zero-order valence-corrected chi connectivity index (χ0v) is 18.0. The highest BCUT2D eigenvalue weighted by Gasteiger charge is 2.48. The number of amides is 1. The second kappa shape index (κ2) is 8.39. The topological polar surface area (TPSA) is 76.0 Å². The highest BCUT2D eigenvalue weighted by molar-refractivity contribution is 8.15. The number of thioether (sulfide) groups is 1. The van der Waals surface area contributed by atoms with E-state index in [1.54, 1.807) is 43.5 Å². The number of nitrogens with zero attached hydrogens (tertiary/aromatic N) is 2. The Morgan fingerprint density at radius 3 is 2.53 bits per heavy atom. The first-order valence-electron chi connectivity index (χ1n) is 9.50. The number of methoxy groups -OCH3 is 1. The Hall–Kier alpha value is -2.39. The van der Waals surface area contributed by atoms with Crippen LogP contribution in [0.15, 0.2) is 53.5 Å². The first-order chi connectivity index (χ1) is 14.3. The van der Waals surface area contributed by atoms with E-state index in [4.69, 9.17) is 4.74 Å². The number of rotatable bonds is 5. The molecule has 0 saturated carbocycles. The Balaban J connectivity index is 1.55. The van der Waals surface area contributed by atoms with Crippen molar-refractivity contribution in [3.05, 3.63) is 65.5 Å². The van der Waals surface area contributed by atoms with Gasteiger partial charge in [0.2, 0.25) is 0 Å². The number of fused-ring (bicyclic) bond motifs is 1. The highest BCUT2D eigenvalue weighted by Crippen LogP contribution is 2.38. The van der Waals surface area contributed by atoms with Crippen LogP contribution in [0.5, 0.6) is 5.75 Å². The van der Waals surface area contributed by atoms with Gasteiger partial charge < -0.3 is 9.64 Å². The van der Waals surface area contributed by atoms with Crippen LogP contribution >= 0.6 is 11.8 Å². The average Bonchev–Trinajstić information content (AvgIpc) is 3.18. The van der Waals surface area contributed by atoms with Crippen molar-refractivity contribution in [3.8, 4) is 5.75 Å². The molecular formula is C21H21FN2O4S2. The molecule has 158 valence electrons. The van der Waals surface area contributed by atoms with Gasteiger partial charge in [0.25, 0.3) is 5.91 Å². The van der Waals surface area contributed by atoms with E-state index in [0.29, 0.717) is 29.4 Å². The Morgan fingerprint density at radius 1 is 1.17 bits per heavy atom. The smallest absolute Gasteiger partial charge is 0.279 e. The van der Waals surface area contributed by atoms with Crippen molar-refractivity contribution in [2.24, 2.45) is 4.99 Å². The molecule has 9 heteroatoms. The van der Waals surface area contributed by atoms with Gasteiger partial charge in [0.05, 0.1) is 24.7 Å². The second-order valence-corrected chi connectivity index (χ2v) is 10.7. The molecule has 0 radical (unpaired) electrons. The third-order valence-electron chi connectivity index (χ3n) is 5.26. The van der Waals surface area contributed by atoms with E-state index >= 15 is 0 Å². The van der Waals surface area contributed by atoms with Crippen molar-refractivity contribution in [1.29, 1.82) is 0 Å². The first-order valence-corrected chi connectivity index (χ1v) is 12.2. The van der Waals surface area contributed by atoms with E-state index in [0.717, 1.165) is 5.56 Å². The zero-order chi connectivity index (χ0) is 21.3. The van der Waals surface area contributed by atoms with E-state index in [-0.39, 0.29) is 34.5 Å². The number of ether oxygens (including phenoxy) is 1. The fraction of sp³-hybridized carbons (Fsp3) is 0.333. The van der Waals surface area contributed by atoms with E-state index in [1.807, 2.05) is 4.90 Å². The fourth-order valence-corrected chi connectivity index (χ4v) is 7.66. The lowest BCUT2D eigenvalue weighted by molar-refractivity contribution is 0.100. The summed E-state index contributed by atoms with van der Waals surface area (Å²) in [5.74, 6) is 0.115. The third kappa shape index (κ3) is 4.52. The Kier molecular flexibility index (Phi) is 5.84. The molecule has 2 aromatic carbocycles. The van der Waals surface area contributed by atoms with E-state index in [2.05, 4.69) is 4.99 Å². The molecule has 2 aliphatic rings. The van der Waals surface area contributed by atoms with Crippen LogP contribution in [-0.2, 0) is 16.3 Å². The zero-order valence-electron chi connectivity index (χ0n) is 16.3.